The number of ketones is 1. The minimum Gasteiger partial charge on any atom is -0.358 e. The van der Waals surface area contributed by atoms with Crippen molar-refractivity contribution in [3.63, 3.8) is 0 Å². The second-order valence-corrected chi connectivity index (χ2v) is 7.59. The molecule has 28 heavy (non-hydrogen) atoms. The quantitative estimate of drug-likeness (QED) is 0.634. The molecular formula is C23H27N3O2. The van der Waals surface area contributed by atoms with Gasteiger partial charge >= 0.3 is 0 Å². The zero-order valence-electron chi connectivity index (χ0n) is 17.1. The van der Waals surface area contributed by atoms with Crippen LogP contribution in [-0.4, -0.2) is 41.7 Å². The van der Waals surface area contributed by atoms with Gasteiger partial charge in [-0.15, -0.1) is 0 Å². The van der Waals surface area contributed by atoms with Crippen LogP contribution in [0.15, 0.2) is 36.4 Å². The van der Waals surface area contributed by atoms with Gasteiger partial charge in [-0.05, 0) is 51.9 Å². The summed E-state index contributed by atoms with van der Waals surface area (Å²) in [6.07, 6.45) is 0. The number of hydrogen-bond acceptors (Lipinski definition) is 3. The summed E-state index contributed by atoms with van der Waals surface area (Å²) in [7, 11) is 1.79. The minimum absolute atomic E-state index is 0.00736. The van der Waals surface area contributed by atoms with Crippen molar-refractivity contribution in [1.29, 1.82) is 0 Å². The van der Waals surface area contributed by atoms with Gasteiger partial charge in [0, 0.05) is 27.8 Å². The van der Waals surface area contributed by atoms with Crippen molar-refractivity contribution in [3.05, 3.63) is 64.3 Å². The number of amides is 1. The molecule has 0 aliphatic rings. The zero-order valence-corrected chi connectivity index (χ0v) is 17.1. The largest absolute Gasteiger partial charge is 0.358 e. The molecule has 3 rings (SSSR count). The molecule has 0 spiro atoms. The molecule has 1 heterocycles. The molecule has 2 N–H and O–H groups in total. The Morgan fingerprint density at radius 1 is 1.00 bits per heavy atom. The first-order valence-electron chi connectivity index (χ1n) is 9.43. The first kappa shape index (κ1) is 19.8. The van der Waals surface area contributed by atoms with Crippen LogP contribution < -0.4 is 5.32 Å². The highest BCUT2D eigenvalue weighted by atomic mass is 16.2. The number of anilines is 1. The summed E-state index contributed by atoms with van der Waals surface area (Å²) in [5.41, 5.74) is 6.61. The van der Waals surface area contributed by atoms with E-state index in [1.807, 2.05) is 52.0 Å². The van der Waals surface area contributed by atoms with Gasteiger partial charge in [-0.3, -0.25) is 14.5 Å². The number of carbonyl (C=O) groups is 2. The van der Waals surface area contributed by atoms with Crippen LogP contribution in [0, 0.1) is 27.7 Å². The van der Waals surface area contributed by atoms with Crippen LogP contribution in [0.3, 0.4) is 0 Å². The van der Waals surface area contributed by atoms with E-state index in [-0.39, 0.29) is 24.8 Å². The number of likely N-dealkylation sites (N-methyl/N-ethyl adjacent to an activating group) is 1. The molecule has 0 unspecified atom stereocenters. The topological polar surface area (TPSA) is 65.2 Å². The third-order valence-electron chi connectivity index (χ3n) is 4.94. The van der Waals surface area contributed by atoms with Gasteiger partial charge in [0.15, 0.2) is 5.78 Å². The van der Waals surface area contributed by atoms with E-state index < -0.39 is 0 Å². The number of carbonyl (C=O) groups excluding carboxylic acids is 2. The maximum absolute atomic E-state index is 12.8. The molecule has 5 heteroatoms. The van der Waals surface area contributed by atoms with Crippen LogP contribution >= 0.6 is 0 Å². The number of Topliss-reactive ketones (excluding diaryl/α,β-unsaturated/α-hetero) is 1. The summed E-state index contributed by atoms with van der Waals surface area (Å²) in [6, 6.07) is 11.9. The third-order valence-corrected chi connectivity index (χ3v) is 4.94. The Morgan fingerprint density at radius 2 is 1.64 bits per heavy atom. The predicted molar refractivity (Wildman–Crippen MR) is 114 cm³/mol. The number of H-pyrrole nitrogens is 1. The second kappa shape index (κ2) is 7.98. The number of fused-ring (bicyclic) bond motifs is 1. The lowest BCUT2D eigenvalue weighted by Gasteiger charge is -2.17. The molecule has 3 aromatic rings. The highest BCUT2D eigenvalue weighted by molar-refractivity contribution is 6.10. The number of benzene rings is 2. The molecule has 1 amide bonds. The fraction of sp³-hybridized carbons (Fsp3) is 0.304. The third kappa shape index (κ3) is 4.15. The number of rotatable bonds is 6. The van der Waals surface area contributed by atoms with E-state index in [1.165, 1.54) is 5.56 Å². The number of hydrogen-bond donors (Lipinski definition) is 2. The van der Waals surface area contributed by atoms with Crippen molar-refractivity contribution >= 4 is 28.3 Å². The summed E-state index contributed by atoms with van der Waals surface area (Å²) >= 11 is 0. The fourth-order valence-corrected chi connectivity index (χ4v) is 3.82. The molecule has 0 saturated carbocycles. The molecule has 0 bridgehead atoms. The molecule has 1 aromatic heterocycles. The Kier molecular flexibility index (Phi) is 5.66. The van der Waals surface area contributed by atoms with E-state index in [2.05, 4.69) is 22.4 Å². The second-order valence-electron chi connectivity index (χ2n) is 7.59. The Balaban J connectivity index is 1.67. The summed E-state index contributed by atoms with van der Waals surface area (Å²) in [5.74, 6) is -0.117. The summed E-state index contributed by atoms with van der Waals surface area (Å²) < 4.78 is 0. The minimum atomic E-state index is -0.124. The predicted octanol–water partition coefficient (Wildman–Crippen LogP) is 4.15. The number of aryl methyl sites for hydroxylation is 4. The van der Waals surface area contributed by atoms with E-state index in [9.17, 15) is 9.59 Å². The highest BCUT2D eigenvalue weighted by Crippen LogP contribution is 2.23. The zero-order chi connectivity index (χ0) is 20.4. The number of aromatic amines is 1. The monoisotopic (exact) mass is 377 g/mol. The molecule has 0 saturated heterocycles. The van der Waals surface area contributed by atoms with Crippen LogP contribution in [0.5, 0.6) is 0 Å². The van der Waals surface area contributed by atoms with Crippen LogP contribution in [0.2, 0.25) is 0 Å². The van der Waals surface area contributed by atoms with Crippen LogP contribution in [-0.2, 0) is 4.79 Å². The summed E-state index contributed by atoms with van der Waals surface area (Å²) in [4.78, 5) is 30.3. The van der Waals surface area contributed by atoms with E-state index in [1.54, 1.807) is 11.9 Å². The van der Waals surface area contributed by atoms with Gasteiger partial charge in [-0.2, -0.15) is 0 Å². The number of nitrogens with zero attached hydrogens (tertiary/aromatic N) is 1. The fourth-order valence-electron chi connectivity index (χ4n) is 3.82. The Morgan fingerprint density at radius 3 is 2.32 bits per heavy atom. The first-order chi connectivity index (χ1) is 13.3. The van der Waals surface area contributed by atoms with Gasteiger partial charge in [-0.25, -0.2) is 0 Å². The first-order valence-corrected chi connectivity index (χ1v) is 9.43. The van der Waals surface area contributed by atoms with Gasteiger partial charge in [-0.1, -0.05) is 35.9 Å². The number of aromatic nitrogens is 1. The molecule has 0 radical (unpaired) electrons. The van der Waals surface area contributed by atoms with Crippen molar-refractivity contribution in [3.8, 4) is 0 Å². The highest BCUT2D eigenvalue weighted by Gasteiger charge is 2.19. The Bertz CT molecular complexity index is 1030. The van der Waals surface area contributed by atoms with E-state index in [0.29, 0.717) is 5.56 Å². The summed E-state index contributed by atoms with van der Waals surface area (Å²) in [5, 5.41) is 3.91. The maximum Gasteiger partial charge on any atom is 0.238 e. The Hall–Kier alpha value is -2.92. The number of nitrogens with one attached hydrogen (secondary N) is 2. The number of para-hydroxylation sites is 1. The maximum atomic E-state index is 12.8. The molecule has 146 valence electrons. The van der Waals surface area contributed by atoms with Gasteiger partial charge in [0.2, 0.25) is 5.91 Å². The lowest BCUT2D eigenvalue weighted by Crippen LogP contribution is -2.34. The van der Waals surface area contributed by atoms with Crippen molar-refractivity contribution < 1.29 is 9.59 Å². The molecule has 0 fully saturated rings. The van der Waals surface area contributed by atoms with E-state index >= 15 is 0 Å². The van der Waals surface area contributed by atoms with Gasteiger partial charge < -0.3 is 10.3 Å². The van der Waals surface area contributed by atoms with Crippen LogP contribution in [0.25, 0.3) is 10.9 Å². The van der Waals surface area contributed by atoms with Crippen molar-refractivity contribution in [1.82, 2.24) is 9.88 Å². The average molecular weight is 377 g/mol. The normalized spacial score (nSPS) is 11.2. The van der Waals surface area contributed by atoms with Crippen molar-refractivity contribution in [2.45, 2.75) is 27.7 Å². The SMILES string of the molecule is Cc1cc(C)c(NC(=O)CN(C)CC(=O)c2c(C)[nH]c3ccccc23)c(C)c1. The molecule has 2 aromatic carbocycles. The molecule has 0 aliphatic carbocycles. The van der Waals surface area contributed by atoms with Crippen LogP contribution in [0.4, 0.5) is 5.69 Å². The molecule has 0 aliphatic heterocycles. The van der Waals surface area contributed by atoms with E-state index in [0.717, 1.165) is 33.4 Å². The lowest BCUT2D eigenvalue weighted by molar-refractivity contribution is -0.116. The standard InChI is InChI=1S/C23H27N3O2/c1-14-10-15(2)23(16(3)11-14)25-21(28)13-26(5)12-20(27)22-17(4)24-19-9-7-6-8-18(19)22/h6-11,24H,12-13H2,1-5H3,(H,25,28). The van der Waals surface area contributed by atoms with Crippen molar-refractivity contribution in [2.75, 3.05) is 25.5 Å². The van der Waals surface area contributed by atoms with Crippen LogP contribution in [0.1, 0.15) is 32.7 Å². The summed E-state index contributed by atoms with van der Waals surface area (Å²) in [6.45, 7) is 8.26. The lowest BCUT2D eigenvalue weighted by atomic mass is 10.1. The van der Waals surface area contributed by atoms with Crippen molar-refractivity contribution in [2.24, 2.45) is 0 Å². The Labute approximate surface area is 165 Å². The molecule has 0 atom stereocenters. The average Bonchev–Trinajstić information content (AvgIpc) is 2.93. The smallest absolute Gasteiger partial charge is 0.238 e. The molecule has 5 nitrogen and oxygen atoms in total. The molecular weight excluding hydrogens is 350 g/mol. The van der Waals surface area contributed by atoms with Gasteiger partial charge in [0.1, 0.15) is 0 Å². The van der Waals surface area contributed by atoms with E-state index in [4.69, 9.17) is 0 Å². The van der Waals surface area contributed by atoms with Gasteiger partial charge in [0.05, 0.1) is 13.1 Å². The van der Waals surface area contributed by atoms with Gasteiger partial charge in [0.25, 0.3) is 0 Å².